The summed E-state index contributed by atoms with van der Waals surface area (Å²) in [5.74, 6) is 0.0568. The number of nitrogens with two attached hydrogens (primary N) is 1. The summed E-state index contributed by atoms with van der Waals surface area (Å²) in [5.41, 5.74) is 9.02. The van der Waals surface area contributed by atoms with Gasteiger partial charge in [-0.3, -0.25) is 0 Å². The average molecular weight is 398 g/mol. The third kappa shape index (κ3) is 2.26. The minimum atomic E-state index is -0.454. The third-order valence-corrected chi connectivity index (χ3v) is 4.66. The van der Waals surface area contributed by atoms with Gasteiger partial charge in [-0.15, -0.1) is 0 Å². The van der Waals surface area contributed by atoms with Crippen molar-refractivity contribution in [2.45, 2.75) is 13.5 Å². The summed E-state index contributed by atoms with van der Waals surface area (Å²) < 4.78 is 16.2. The van der Waals surface area contributed by atoms with E-state index < -0.39 is 5.82 Å². The van der Waals surface area contributed by atoms with E-state index in [1.807, 2.05) is 6.92 Å². The van der Waals surface area contributed by atoms with Crippen LogP contribution in [-0.4, -0.2) is 19.7 Å². The second kappa shape index (κ2) is 5.23. The predicted molar refractivity (Wildman–Crippen MR) is 86.2 cm³/mol. The summed E-state index contributed by atoms with van der Waals surface area (Å²) in [6, 6.07) is 4.65. The number of hydrogen-bond acceptors (Lipinski definition) is 4. The highest BCUT2D eigenvalue weighted by atomic mass is 127. The normalized spacial score (nSPS) is 11.2. The number of nitrogen functional groups attached to an aromatic ring is 1. The number of nitrogens with zero attached hydrogens (tertiary/aromatic N) is 3. The third-order valence-electron chi connectivity index (χ3n) is 3.32. The van der Waals surface area contributed by atoms with Gasteiger partial charge in [0.15, 0.2) is 5.65 Å². The van der Waals surface area contributed by atoms with Crippen LogP contribution < -0.4 is 5.73 Å². The van der Waals surface area contributed by atoms with E-state index in [2.05, 4.69) is 32.7 Å². The predicted octanol–water partition coefficient (Wildman–Crippen LogP) is 2.52. The van der Waals surface area contributed by atoms with Crippen LogP contribution in [0.2, 0.25) is 0 Å². The van der Waals surface area contributed by atoms with Crippen molar-refractivity contribution in [1.29, 1.82) is 0 Å². The minimum absolute atomic E-state index is 0.258. The number of aliphatic hydroxyl groups is 1. The molecule has 5 nitrogen and oxygen atoms in total. The lowest BCUT2D eigenvalue weighted by Gasteiger charge is -2.06. The molecule has 0 unspecified atom stereocenters. The number of benzene rings is 1. The molecule has 2 heterocycles. The largest absolute Gasteiger partial charge is 0.392 e. The Morgan fingerprint density at radius 1 is 1.43 bits per heavy atom. The summed E-state index contributed by atoms with van der Waals surface area (Å²) >= 11 is 2.12. The molecule has 3 rings (SSSR count). The Labute approximate surface area is 133 Å². The molecule has 0 fully saturated rings. The SMILES string of the molecule is Cc1nc2c(-c3ccc(CO)c(F)c3)cnn2c(N)c1I. The molecule has 2 aromatic heterocycles. The number of fused-ring (bicyclic) bond motifs is 1. The molecule has 0 aliphatic heterocycles. The second-order valence-corrected chi connectivity index (χ2v) is 5.73. The molecule has 0 amide bonds. The van der Waals surface area contributed by atoms with Crippen molar-refractivity contribution in [3.63, 3.8) is 0 Å². The van der Waals surface area contributed by atoms with Crippen molar-refractivity contribution >= 4 is 34.1 Å². The number of rotatable bonds is 2. The quantitative estimate of drug-likeness (QED) is 0.651. The van der Waals surface area contributed by atoms with Crippen molar-refractivity contribution in [3.05, 3.63) is 45.0 Å². The second-order valence-electron chi connectivity index (χ2n) is 4.65. The molecule has 0 saturated heterocycles. The zero-order valence-corrected chi connectivity index (χ0v) is 13.3. The topological polar surface area (TPSA) is 76.4 Å². The van der Waals surface area contributed by atoms with Crippen molar-refractivity contribution in [3.8, 4) is 11.1 Å². The van der Waals surface area contributed by atoms with Crippen molar-refractivity contribution in [2.24, 2.45) is 0 Å². The zero-order valence-electron chi connectivity index (χ0n) is 11.1. The Morgan fingerprint density at radius 2 is 2.19 bits per heavy atom. The lowest BCUT2D eigenvalue weighted by molar-refractivity contribution is 0.276. The van der Waals surface area contributed by atoms with Crippen LogP contribution in [0.4, 0.5) is 10.2 Å². The summed E-state index contributed by atoms with van der Waals surface area (Å²) in [7, 11) is 0. The molecule has 1 aromatic carbocycles. The van der Waals surface area contributed by atoms with Gasteiger partial charge in [-0.05, 0) is 41.1 Å². The van der Waals surface area contributed by atoms with Crippen LogP contribution in [0.1, 0.15) is 11.3 Å². The fourth-order valence-electron chi connectivity index (χ4n) is 2.16. The molecule has 0 spiro atoms. The van der Waals surface area contributed by atoms with Gasteiger partial charge in [0.05, 0.1) is 22.1 Å². The first-order valence-electron chi connectivity index (χ1n) is 6.22. The van der Waals surface area contributed by atoms with Crippen LogP contribution in [-0.2, 0) is 6.61 Å². The number of aromatic nitrogens is 3. The van der Waals surface area contributed by atoms with E-state index >= 15 is 0 Å². The van der Waals surface area contributed by atoms with Crippen LogP contribution >= 0.6 is 22.6 Å². The molecule has 0 bridgehead atoms. The van der Waals surface area contributed by atoms with Gasteiger partial charge in [0.25, 0.3) is 0 Å². The molecular weight excluding hydrogens is 386 g/mol. The maximum absolute atomic E-state index is 13.8. The summed E-state index contributed by atoms with van der Waals surface area (Å²) in [6.45, 7) is 1.54. The average Bonchev–Trinajstić information content (AvgIpc) is 2.88. The molecule has 108 valence electrons. The molecule has 21 heavy (non-hydrogen) atoms. The molecule has 0 radical (unpaired) electrons. The molecule has 0 aliphatic rings. The van der Waals surface area contributed by atoms with E-state index in [0.29, 0.717) is 22.6 Å². The Kier molecular flexibility index (Phi) is 3.54. The maximum Gasteiger partial charge on any atom is 0.165 e. The van der Waals surface area contributed by atoms with Gasteiger partial charge in [-0.2, -0.15) is 9.61 Å². The maximum atomic E-state index is 13.8. The highest BCUT2D eigenvalue weighted by Crippen LogP contribution is 2.28. The number of halogens is 2. The van der Waals surface area contributed by atoms with E-state index in [0.717, 1.165) is 9.26 Å². The van der Waals surface area contributed by atoms with Crippen LogP contribution in [0, 0.1) is 16.3 Å². The first kappa shape index (κ1) is 14.2. The molecule has 0 saturated carbocycles. The Hall–Kier alpha value is -1.74. The van der Waals surface area contributed by atoms with E-state index in [4.69, 9.17) is 10.8 Å². The van der Waals surface area contributed by atoms with E-state index in [-0.39, 0.29) is 12.2 Å². The number of anilines is 1. The van der Waals surface area contributed by atoms with E-state index in [1.54, 1.807) is 22.8 Å². The molecule has 3 aromatic rings. The van der Waals surface area contributed by atoms with Crippen LogP contribution in [0.25, 0.3) is 16.8 Å². The fourth-order valence-corrected chi connectivity index (χ4v) is 2.51. The Balaban J connectivity index is 2.24. The number of hydrogen-bond donors (Lipinski definition) is 2. The van der Waals surface area contributed by atoms with E-state index in [9.17, 15) is 4.39 Å². The fraction of sp³-hybridized carbons (Fsp3) is 0.143. The zero-order chi connectivity index (χ0) is 15.1. The molecular formula is C14H12FIN4O. The van der Waals surface area contributed by atoms with Crippen LogP contribution in [0.5, 0.6) is 0 Å². The highest BCUT2D eigenvalue weighted by molar-refractivity contribution is 14.1. The Morgan fingerprint density at radius 3 is 2.86 bits per heavy atom. The lowest BCUT2D eigenvalue weighted by Crippen LogP contribution is -2.05. The van der Waals surface area contributed by atoms with Crippen molar-refractivity contribution in [2.75, 3.05) is 5.73 Å². The smallest absolute Gasteiger partial charge is 0.165 e. The van der Waals surface area contributed by atoms with Crippen molar-refractivity contribution < 1.29 is 9.50 Å². The first-order chi connectivity index (χ1) is 10.0. The van der Waals surface area contributed by atoms with Gasteiger partial charge in [0, 0.05) is 11.1 Å². The monoisotopic (exact) mass is 398 g/mol. The molecule has 7 heteroatoms. The van der Waals surface area contributed by atoms with Gasteiger partial charge in [0.1, 0.15) is 11.6 Å². The van der Waals surface area contributed by atoms with Crippen LogP contribution in [0.3, 0.4) is 0 Å². The lowest BCUT2D eigenvalue weighted by atomic mass is 10.1. The Bertz CT molecular complexity index is 847. The van der Waals surface area contributed by atoms with Gasteiger partial charge in [0.2, 0.25) is 0 Å². The summed E-state index contributed by atoms with van der Waals surface area (Å²) in [5, 5.41) is 13.3. The van der Waals surface area contributed by atoms with Gasteiger partial charge < -0.3 is 10.8 Å². The highest BCUT2D eigenvalue weighted by Gasteiger charge is 2.15. The van der Waals surface area contributed by atoms with Gasteiger partial charge >= 0.3 is 0 Å². The standard InChI is InChI=1S/C14H12FIN4O/c1-7-12(16)13(17)20-14(19-7)10(5-18-20)8-2-3-9(6-21)11(15)4-8/h2-5,21H,6,17H2,1H3. The van der Waals surface area contributed by atoms with Gasteiger partial charge in [-0.1, -0.05) is 12.1 Å². The summed E-state index contributed by atoms with van der Waals surface area (Å²) in [6.07, 6.45) is 1.61. The van der Waals surface area contributed by atoms with Gasteiger partial charge in [-0.25, -0.2) is 9.37 Å². The van der Waals surface area contributed by atoms with Crippen LogP contribution in [0.15, 0.2) is 24.4 Å². The minimum Gasteiger partial charge on any atom is -0.392 e. The number of aryl methyl sites for hydroxylation is 1. The molecule has 0 atom stereocenters. The number of aliphatic hydroxyl groups excluding tert-OH is 1. The molecule has 3 N–H and O–H groups in total. The molecule has 0 aliphatic carbocycles. The van der Waals surface area contributed by atoms with Crippen molar-refractivity contribution in [1.82, 2.24) is 14.6 Å². The van der Waals surface area contributed by atoms with E-state index in [1.165, 1.54) is 6.07 Å². The first-order valence-corrected chi connectivity index (χ1v) is 7.29. The summed E-state index contributed by atoms with van der Waals surface area (Å²) in [4.78, 5) is 4.49.